The van der Waals surface area contributed by atoms with Gasteiger partial charge in [-0.3, -0.25) is 4.57 Å². The highest BCUT2D eigenvalue weighted by Crippen LogP contribution is 2.41. The van der Waals surface area contributed by atoms with E-state index >= 15 is 0 Å². The topological polar surface area (TPSA) is 46.5 Å². The van der Waals surface area contributed by atoms with E-state index in [4.69, 9.17) is 4.74 Å². The van der Waals surface area contributed by atoms with Crippen LogP contribution in [-0.4, -0.2) is 18.7 Å². The van der Waals surface area contributed by atoms with Crippen LogP contribution in [0.4, 0.5) is 0 Å². The highest BCUT2D eigenvalue weighted by molar-refractivity contribution is 7.56. The molecule has 1 aromatic rings. The molecule has 0 aliphatic heterocycles. The second-order valence-electron chi connectivity index (χ2n) is 3.02. The Morgan fingerprint density at radius 3 is 2.62 bits per heavy atom. The Morgan fingerprint density at radius 2 is 2.08 bits per heavy atom. The largest absolute Gasteiger partial charge is 0.496 e. The van der Waals surface area contributed by atoms with Gasteiger partial charge < -0.3 is 9.63 Å². The Kier molecular flexibility index (Phi) is 3.12. The molecule has 0 spiro atoms. The molecule has 0 amide bonds. The molecule has 0 bridgehead atoms. The first-order chi connectivity index (χ1) is 6.03. The molecular weight excluding hydrogens is 187 g/mol. The summed E-state index contributed by atoms with van der Waals surface area (Å²) >= 11 is 0. The molecule has 0 heterocycles. The maximum atomic E-state index is 11.2. The van der Waals surface area contributed by atoms with Crippen molar-refractivity contribution in [3.05, 3.63) is 29.8 Å². The van der Waals surface area contributed by atoms with Gasteiger partial charge in [0.15, 0.2) is 0 Å². The van der Waals surface area contributed by atoms with E-state index in [0.717, 1.165) is 5.56 Å². The molecule has 0 saturated heterocycles. The number of hydrogen-bond acceptors (Lipinski definition) is 2. The Balaban J connectivity index is 2.94. The third kappa shape index (κ3) is 3.21. The Hall–Kier alpha value is -0.790. The summed E-state index contributed by atoms with van der Waals surface area (Å²) in [5, 5.41) is 0. The summed E-state index contributed by atoms with van der Waals surface area (Å²) in [5.74, 6) is 0.665. The fourth-order valence-electron chi connectivity index (χ4n) is 1.15. The predicted molar refractivity (Wildman–Crippen MR) is 52.4 cm³/mol. The summed E-state index contributed by atoms with van der Waals surface area (Å²) in [6.45, 7) is 1.35. The second kappa shape index (κ2) is 3.95. The van der Waals surface area contributed by atoms with Gasteiger partial charge in [-0.15, -0.1) is 0 Å². The monoisotopic (exact) mass is 200 g/mol. The summed E-state index contributed by atoms with van der Waals surface area (Å²) in [6, 6.07) is 7.24. The third-order valence-corrected chi connectivity index (χ3v) is 2.58. The molecule has 0 radical (unpaired) electrons. The zero-order valence-electron chi connectivity index (χ0n) is 7.73. The minimum Gasteiger partial charge on any atom is -0.496 e. The summed E-state index contributed by atoms with van der Waals surface area (Å²) < 4.78 is 16.2. The van der Waals surface area contributed by atoms with Crippen LogP contribution < -0.4 is 4.74 Å². The average molecular weight is 200 g/mol. The summed E-state index contributed by atoms with van der Waals surface area (Å²) in [7, 11) is -1.46. The number of rotatable bonds is 3. The van der Waals surface area contributed by atoms with E-state index in [9.17, 15) is 9.46 Å². The van der Waals surface area contributed by atoms with Crippen molar-refractivity contribution in [3.63, 3.8) is 0 Å². The zero-order chi connectivity index (χ0) is 9.90. The van der Waals surface area contributed by atoms with Gasteiger partial charge in [-0.05, 0) is 6.07 Å². The van der Waals surface area contributed by atoms with Crippen LogP contribution >= 0.6 is 7.37 Å². The number of methoxy groups -OCH3 is 1. The van der Waals surface area contributed by atoms with Crippen LogP contribution in [0.2, 0.25) is 0 Å². The van der Waals surface area contributed by atoms with E-state index in [1.165, 1.54) is 6.66 Å². The molecule has 0 aliphatic carbocycles. The summed E-state index contributed by atoms with van der Waals surface area (Å²) in [4.78, 5) is 9.19. The molecule has 0 aliphatic rings. The fourth-order valence-corrected chi connectivity index (χ4v) is 2.04. The quantitative estimate of drug-likeness (QED) is 0.760. The maximum Gasteiger partial charge on any atom is 0.202 e. The Labute approximate surface area is 77.8 Å². The van der Waals surface area contributed by atoms with Gasteiger partial charge in [-0.2, -0.15) is 0 Å². The van der Waals surface area contributed by atoms with Crippen LogP contribution in [0, 0.1) is 0 Å². The van der Waals surface area contributed by atoms with E-state index in [1.54, 1.807) is 19.2 Å². The molecular formula is C9H13O3P. The highest BCUT2D eigenvalue weighted by Gasteiger charge is 2.13. The van der Waals surface area contributed by atoms with Crippen molar-refractivity contribution in [1.82, 2.24) is 0 Å². The number of para-hydroxylation sites is 1. The first-order valence-electron chi connectivity index (χ1n) is 3.94. The lowest BCUT2D eigenvalue weighted by Gasteiger charge is -2.09. The number of benzene rings is 1. The molecule has 1 rings (SSSR count). The van der Waals surface area contributed by atoms with Gasteiger partial charge >= 0.3 is 0 Å². The van der Waals surface area contributed by atoms with Gasteiger partial charge in [0.1, 0.15) is 5.75 Å². The van der Waals surface area contributed by atoms with Crippen molar-refractivity contribution in [2.24, 2.45) is 0 Å². The minimum atomic E-state index is -3.01. The fraction of sp³-hybridized carbons (Fsp3) is 0.333. The predicted octanol–water partition coefficient (Wildman–Crippen LogP) is 2.10. The second-order valence-corrected chi connectivity index (χ2v) is 5.44. The van der Waals surface area contributed by atoms with Gasteiger partial charge in [-0.1, -0.05) is 18.2 Å². The lowest BCUT2D eigenvalue weighted by Crippen LogP contribution is -1.92. The third-order valence-electron chi connectivity index (χ3n) is 1.66. The van der Waals surface area contributed by atoms with Crippen LogP contribution in [0.5, 0.6) is 5.75 Å². The molecule has 1 unspecified atom stereocenters. The van der Waals surface area contributed by atoms with Crippen molar-refractivity contribution in [2.45, 2.75) is 6.16 Å². The molecule has 0 saturated carbocycles. The van der Waals surface area contributed by atoms with Gasteiger partial charge in [-0.25, -0.2) is 0 Å². The van der Waals surface area contributed by atoms with Gasteiger partial charge in [0.05, 0.1) is 13.3 Å². The average Bonchev–Trinajstić information content (AvgIpc) is 2.02. The number of ether oxygens (including phenoxy) is 1. The van der Waals surface area contributed by atoms with Crippen LogP contribution in [0.3, 0.4) is 0 Å². The lowest BCUT2D eigenvalue weighted by atomic mass is 10.2. The Bertz CT molecular complexity index is 329. The van der Waals surface area contributed by atoms with Crippen molar-refractivity contribution in [2.75, 3.05) is 13.8 Å². The highest BCUT2D eigenvalue weighted by atomic mass is 31.2. The van der Waals surface area contributed by atoms with Crippen molar-refractivity contribution >= 4 is 7.37 Å². The maximum absolute atomic E-state index is 11.2. The van der Waals surface area contributed by atoms with Gasteiger partial charge in [0.25, 0.3) is 0 Å². The molecule has 72 valence electrons. The minimum absolute atomic E-state index is 0.164. The van der Waals surface area contributed by atoms with E-state index in [1.807, 2.05) is 12.1 Å². The van der Waals surface area contributed by atoms with Crippen LogP contribution in [0.15, 0.2) is 24.3 Å². The molecule has 4 heteroatoms. The molecule has 1 N–H and O–H groups in total. The summed E-state index contributed by atoms with van der Waals surface area (Å²) in [5.41, 5.74) is 0.776. The molecule has 3 nitrogen and oxygen atoms in total. The Morgan fingerprint density at radius 1 is 1.46 bits per heavy atom. The van der Waals surface area contributed by atoms with Crippen LogP contribution in [0.1, 0.15) is 5.56 Å². The molecule has 13 heavy (non-hydrogen) atoms. The van der Waals surface area contributed by atoms with Crippen molar-refractivity contribution in [3.8, 4) is 5.75 Å². The SMILES string of the molecule is COc1ccccc1CP(C)(=O)O. The van der Waals surface area contributed by atoms with Gasteiger partial charge in [0, 0.05) is 12.2 Å². The molecule has 1 atom stereocenters. The number of hydrogen-bond donors (Lipinski definition) is 1. The van der Waals surface area contributed by atoms with Crippen LogP contribution in [0.25, 0.3) is 0 Å². The summed E-state index contributed by atoms with van der Waals surface area (Å²) in [6.07, 6.45) is 0.164. The van der Waals surface area contributed by atoms with Crippen molar-refractivity contribution in [1.29, 1.82) is 0 Å². The molecule has 1 aromatic carbocycles. The van der Waals surface area contributed by atoms with Gasteiger partial charge in [0.2, 0.25) is 7.37 Å². The van der Waals surface area contributed by atoms with E-state index in [0.29, 0.717) is 5.75 Å². The zero-order valence-corrected chi connectivity index (χ0v) is 8.62. The lowest BCUT2D eigenvalue weighted by molar-refractivity contribution is 0.410. The van der Waals surface area contributed by atoms with E-state index in [2.05, 4.69) is 0 Å². The van der Waals surface area contributed by atoms with Crippen molar-refractivity contribution < 1.29 is 14.2 Å². The van der Waals surface area contributed by atoms with E-state index < -0.39 is 7.37 Å². The molecule has 0 fully saturated rings. The normalized spacial score (nSPS) is 15.0. The molecule has 0 aromatic heterocycles. The smallest absolute Gasteiger partial charge is 0.202 e. The van der Waals surface area contributed by atoms with E-state index in [-0.39, 0.29) is 6.16 Å². The standard InChI is InChI=1S/C9H13O3P/c1-12-9-6-4-3-5-8(9)7-13(2,10)11/h3-6H,7H2,1-2H3,(H,10,11). The first-order valence-corrected chi connectivity index (χ1v) is 6.23. The van der Waals surface area contributed by atoms with Crippen LogP contribution in [-0.2, 0) is 10.7 Å². The first kappa shape index (κ1) is 10.3.